The lowest BCUT2D eigenvalue weighted by Crippen LogP contribution is -1.07. The fraction of sp³-hybridized carbons (Fsp3) is 0.250. The summed E-state index contributed by atoms with van der Waals surface area (Å²) in [5.41, 5.74) is 0. The van der Waals surface area contributed by atoms with Gasteiger partial charge >= 0.3 is 0 Å². The van der Waals surface area contributed by atoms with Crippen molar-refractivity contribution in [2.24, 2.45) is 0 Å². The molecule has 0 spiro atoms. The van der Waals surface area contributed by atoms with Crippen molar-refractivity contribution in [3.8, 4) is 0 Å². The Kier molecular flexibility index (Phi) is 35.1. The van der Waals surface area contributed by atoms with Gasteiger partial charge in [0.05, 0.1) is 0 Å². The molecular formula is C4H9. The third-order valence-corrected chi connectivity index (χ3v) is 0. The van der Waals surface area contributed by atoms with E-state index in [2.05, 4.69) is 6.58 Å². The summed E-state index contributed by atoms with van der Waals surface area (Å²) in [5.74, 6) is 0. The van der Waals surface area contributed by atoms with Gasteiger partial charge in [-0.05, 0) is 6.92 Å². The standard InChI is InChI=1S/C3H6.CH3/c1-3-2;/h3H,1H2,2H3;1H3. The molecule has 25 valence electrons. The zero-order chi connectivity index (χ0) is 2.71. The second-order valence-electron chi connectivity index (χ2n) is 0.408. The third kappa shape index (κ3) is 14.1. The Labute approximate surface area is 28.2 Å². The van der Waals surface area contributed by atoms with Crippen molar-refractivity contribution in [1.29, 1.82) is 0 Å². The molecule has 0 saturated carbocycles. The Morgan fingerprint density at radius 1 is 1.75 bits per heavy atom. The Balaban J connectivity index is 0. The third-order valence-electron chi connectivity index (χ3n) is 0. The van der Waals surface area contributed by atoms with Crippen LogP contribution < -0.4 is 0 Å². The van der Waals surface area contributed by atoms with E-state index >= 15 is 0 Å². The molecule has 0 fully saturated rings. The molecule has 1 radical (unpaired) electrons. The lowest BCUT2D eigenvalue weighted by molar-refractivity contribution is 1.80. The maximum absolute atomic E-state index is 3.36. The van der Waals surface area contributed by atoms with Crippen LogP contribution in [-0.2, 0) is 0 Å². The first-order valence-electron chi connectivity index (χ1n) is 0.986. The highest BCUT2D eigenvalue weighted by atomic mass is 13.2. The Hall–Kier alpha value is -0.260. The second kappa shape index (κ2) is 15.1. The summed E-state index contributed by atoms with van der Waals surface area (Å²) < 4.78 is 0. The Morgan fingerprint density at radius 3 is 1.75 bits per heavy atom. The van der Waals surface area contributed by atoms with E-state index in [0.29, 0.717) is 0 Å². The lowest BCUT2D eigenvalue weighted by atomic mass is 10.8. The van der Waals surface area contributed by atoms with E-state index in [1.807, 2.05) is 6.92 Å². The summed E-state index contributed by atoms with van der Waals surface area (Å²) in [6.07, 6.45) is 1.75. The zero-order valence-corrected chi connectivity index (χ0v) is 3.28. The molecule has 0 aromatic heterocycles. The van der Waals surface area contributed by atoms with Crippen molar-refractivity contribution in [3.63, 3.8) is 0 Å². The average molecular weight is 57.1 g/mol. The second-order valence-corrected chi connectivity index (χ2v) is 0.408. The van der Waals surface area contributed by atoms with Crippen LogP contribution >= 0.6 is 0 Å². The van der Waals surface area contributed by atoms with E-state index in [9.17, 15) is 0 Å². The molecule has 0 unspecified atom stereocenters. The SMILES string of the molecule is C=CC.[CH3]. The van der Waals surface area contributed by atoms with Crippen molar-refractivity contribution < 1.29 is 0 Å². The van der Waals surface area contributed by atoms with Gasteiger partial charge in [-0.15, -0.1) is 6.58 Å². The van der Waals surface area contributed by atoms with Gasteiger partial charge in [0.25, 0.3) is 0 Å². The van der Waals surface area contributed by atoms with Crippen LogP contribution in [0.15, 0.2) is 12.7 Å². The largest absolute Gasteiger partial charge is 0.103 e. The summed E-state index contributed by atoms with van der Waals surface area (Å²) in [6, 6.07) is 0. The molecule has 0 aliphatic rings. The molecule has 0 N–H and O–H groups in total. The summed E-state index contributed by atoms with van der Waals surface area (Å²) in [4.78, 5) is 0. The first-order valence-corrected chi connectivity index (χ1v) is 0.986. The van der Waals surface area contributed by atoms with E-state index in [4.69, 9.17) is 0 Å². The molecular weight excluding hydrogens is 48.0 g/mol. The van der Waals surface area contributed by atoms with E-state index in [0.717, 1.165) is 0 Å². The zero-order valence-electron chi connectivity index (χ0n) is 3.28. The molecule has 4 heavy (non-hydrogen) atoms. The molecule has 0 rings (SSSR count). The van der Waals surface area contributed by atoms with Crippen LogP contribution in [0, 0.1) is 7.43 Å². The quantitative estimate of drug-likeness (QED) is 0.371. The van der Waals surface area contributed by atoms with Crippen LogP contribution in [0.2, 0.25) is 0 Å². The average Bonchev–Trinajstić information content (AvgIpc) is 0.918. The fourth-order valence-electron chi connectivity index (χ4n) is 0. The van der Waals surface area contributed by atoms with Gasteiger partial charge in [-0.2, -0.15) is 0 Å². The molecule has 0 heteroatoms. The van der Waals surface area contributed by atoms with Crippen molar-refractivity contribution in [2.45, 2.75) is 6.92 Å². The predicted octanol–water partition coefficient (Wildman–Crippen LogP) is 1.64. The van der Waals surface area contributed by atoms with Gasteiger partial charge in [0.2, 0.25) is 0 Å². The van der Waals surface area contributed by atoms with Crippen LogP contribution in [-0.4, -0.2) is 0 Å². The number of rotatable bonds is 0. The highest BCUT2D eigenvalue weighted by molar-refractivity contribution is 4.51. The topological polar surface area (TPSA) is 0 Å². The van der Waals surface area contributed by atoms with Gasteiger partial charge in [0.1, 0.15) is 0 Å². The molecule has 0 atom stereocenters. The van der Waals surface area contributed by atoms with Crippen molar-refractivity contribution in [2.75, 3.05) is 0 Å². The summed E-state index contributed by atoms with van der Waals surface area (Å²) >= 11 is 0. The van der Waals surface area contributed by atoms with Gasteiger partial charge in [0.15, 0.2) is 0 Å². The minimum absolute atomic E-state index is 0. The van der Waals surface area contributed by atoms with Crippen LogP contribution in [0.1, 0.15) is 6.92 Å². The van der Waals surface area contributed by atoms with E-state index in [1.54, 1.807) is 6.08 Å². The van der Waals surface area contributed by atoms with Gasteiger partial charge < -0.3 is 0 Å². The Bertz CT molecular complexity index is 7.51. The maximum Gasteiger partial charge on any atom is -0.0473 e. The van der Waals surface area contributed by atoms with E-state index in [-0.39, 0.29) is 7.43 Å². The smallest absolute Gasteiger partial charge is 0.0473 e. The van der Waals surface area contributed by atoms with E-state index < -0.39 is 0 Å². The first-order chi connectivity index (χ1) is 1.41. The van der Waals surface area contributed by atoms with Crippen LogP contribution in [0.5, 0.6) is 0 Å². The molecule has 0 aromatic carbocycles. The fourth-order valence-corrected chi connectivity index (χ4v) is 0. The van der Waals surface area contributed by atoms with Crippen LogP contribution in [0.4, 0.5) is 0 Å². The van der Waals surface area contributed by atoms with Crippen LogP contribution in [0.25, 0.3) is 0 Å². The molecule has 0 nitrogen and oxygen atoms in total. The van der Waals surface area contributed by atoms with Gasteiger partial charge in [-0.3, -0.25) is 0 Å². The summed E-state index contributed by atoms with van der Waals surface area (Å²) in [5, 5.41) is 0. The van der Waals surface area contributed by atoms with Crippen molar-refractivity contribution in [1.82, 2.24) is 0 Å². The monoisotopic (exact) mass is 57.1 g/mol. The van der Waals surface area contributed by atoms with Gasteiger partial charge in [-0.25, -0.2) is 0 Å². The normalized spacial score (nSPS) is 3.25. The molecule has 0 heterocycles. The Morgan fingerprint density at radius 2 is 1.75 bits per heavy atom. The predicted molar refractivity (Wildman–Crippen MR) is 22.3 cm³/mol. The molecule has 0 aliphatic carbocycles. The van der Waals surface area contributed by atoms with Crippen molar-refractivity contribution >= 4 is 0 Å². The highest BCUT2D eigenvalue weighted by Gasteiger charge is 1.15. The van der Waals surface area contributed by atoms with Crippen LogP contribution in [0.3, 0.4) is 0 Å². The number of hydrogen-bond donors (Lipinski definition) is 0. The number of hydrogen-bond acceptors (Lipinski definition) is 0. The minimum Gasteiger partial charge on any atom is -0.103 e. The van der Waals surface area contributed by atoms with Gasteiger partial charge in [0, 0.05) is 0 Å². The minimum atomic E-state index is 0. The molecule has 0 amide bonds. The van der Waals surface area contributed by atoms with E-state index in [1.165, 1.54) is 0 Å². The number of allylic oxidation sites excluding steroid dienone is 1. The van der Waals surface area contributed by atoms with Crippen molar-refractivity contribution in [3.05, 3.63) is 20.1 Å². The molecule has 0 saturated heterocycles. The lowest BCUT2D eigenvalue weighted by Gasteiger charge is -1.31. The summed E-state index contributed by atoms with van der Waals surface area (Å²) in [6.45, 7) is 5.25. The van der Waals surface area contributed by atoms with Gasteiger partial charge in [-0.1, -0.05) is 13.5 Å². The molecule has 0 aromatic rings. The summed E-state index contributed by atoms with van der Waals surface area (Å²) in [7, 11) is 0. The molecule has 0 aliphatic heterocycles. The molecule has 0 bridgehead atoms. The first kappa shape index (κ1) is 9.27. The highest BCUT2D eigenvalue weighted by Crippen LogP contribution is 1.38. The maximum atomic E-state index is 3.36.